The summed E-state index contributed by atoms with van der Waals surface area (Å²) in [6, 6.07) is 11.8. The van der Waals surface area contributed by atoms with Gasteiger partial charge in [0.15, 0.2) is 0 Å². The van der Waals surface area contributed by atoms with Crippen LogP contribution in [0.15, 0.2) is 54.1 Å². The number of aliphatic hydroxyl groups is 1. The number of rotatable bonds is 12. The molecule has 1 fully saturated rings. The van der Waals surface area contributed by atoms with E-state index in [1.54, 1.807) is 36.4 Å². The lowest BCUT2D eigenvalue weighted by Crippen LogP contribution is -2.33. The van der Waals surface area contributed by atoms with Gasteiger partial charge in [-0.25, -0.2) is 4.39 Å². The minimum atomic E-state index is -0.794. The largest absolute Gasteiger partial charge is 0.507 e. The second-order valence-corrected chi connectivity index (χ2v) is 8.65. The van der Waals surface area contributed by atoms with E-state index in [-0.39, 0.29) is 11.3 Å². The van der Waals surface area contributed by atoms with Crippen molar-refractivity contribution in [2.45, 2.75) is 46.1 Å². The monoisotopic (exact) mass is 482 g/mol. The highest BCUT2D eigenvalue weighted by atomic mass is 19.1. The predicted octanol–water partition coefficient (Wildman–Crippen LogP) is 5.16. The van der Waals surface area contributed by atoms with Gasteiger partial charge in [0.05, 0.1) is 18.2 Å². The van der Waals surface area contributed by atoms with E-state index in [1.165, 1.54) is 17.0 Å². The molecule has 1 amide bonds. The van der Waals surface area contributed by atoms with Gasteiger partial charge in [-0.05, 0) is 62.3 Å². The molecule has 0 bridgehead atoms. The third-order valence-corrected chi connectivity index (χ3v) is 6.37. The summed E-state index contributed by atoms with van der Waals surface area (Å²) in [5, 5.41) is 11.2. The number of carbonyl (C=O) groups is 2. The molecule has 0 radical (unpaired) electrons. The fourth-order valence-electron chi connectivity index (χ4n) is 4.33. The molecule has 1 aliphatic rings. The van der Waals surface area contributed by atoms with Crippen LogP contribution >= 0.6 is 0 Å². The Morgan fingerprint density at radius 1 is 1.06 bits per heavy atom. The average molecular weight is 483 g/mol. The first-order valence-electron chi connectivity index (χ1n) is 12.4. The molecular formula is C28H35FN2O4. The number of hydrogen-bond donors (Lipinski definition) is 1. The number of nitrogens with zero attached hydrogens (tertiary/aromatic N) is 2. The third kappa shape index (κ3) is 6.28. The fraction of sp³-hybridized carbons (Fsp3) is 0.429. The van der Waals surface area contributed by atoms with Crippen LogP contribution in [0.5, 0.6) is 5.75 Å². The van der Waals surface area contributed by atoms with Crippen molar-refractivity contribution in [1.29, 1.82) is 0 Å². The zero-order valence-corrected chi connectivity index (χ0v) is 20.8. The van der Waals surface area contributed by atoms with Gasteiger partial charge in [0.1, 0.15) is 17.3 Å². The highest BCUT2D eigenvalue weighted by Gasteiger charge is 2.45. The molecule has 35 heavy (non-hydrogen) atoms. The van der Waals surface area contributed by atoms with Crippen LogP contribution in [-0.4, -0.2) is 59.4 Å². The lowest BCUT2D eigenvalue weighted by molar-refractivity contribution is -0.140. The Labute approximate surface area is 207 Å². The Bertz CT molecular complexity index is 1050. The van der Waals surface area contributed by atoms with Crippen molar-refractivity contribution >= 4 is 17.4 Å². The number of ketones is 1. The van der Waals surface area contributed by atoms with Crippen molar-refractivity contribution < 1.29 is 23.8 Å². The number of Topliss-reactive ketones (excluding diaryl/α,β-unsaturated/α-hetero) is 1. The Morgan fingerprint density at radius 3 is 2.43 bits per heavy atom. The summed E-state index contributed by atoms with van der Waals surface area (Å²) in [6.07, 6.45) is 2.57. The topological polar surface area (TPSA) is 70.1 Å². The van der Waals surface area contributed by atoms with Crippen LogP contribution < -0.4 is 4.74 Å². The van der Waals surface area contributed by atoms with Crippen molar-refractivity contribution in [1.82, 2.24) is 9.80 Å². The smallest absolute Gasteiger partial charge is 0.295 e. The summed E-state index contributed by atoms with van der Waals surface area (Å²) in [5.41, 5.74) is 0.979. The molecule has 3 rings (SSSR count). The highest BCUT2D eigenvalue weighted by molar-refractivity contribution is 6.46. The first-order valence-corrected chi connectivity index (χ1v) is 12.4. The van der Waals surface area contributed by atoms with Crippen LogP contribution in [0, 0.1) is 5.82 Å². The second-order valence-electron chi connectivity index (χ2n) is 8.65. The van der Waals surface area contributed by atoms with Gasteiger partial charge in [-0.1, -0.05) is 51.5 Å². The second kappa shape index (κ2) is 12.5. The van der Waals surface area contributed by atoms with E-state index in [1.807, 2.05) is 0 Å². The first kappa shape index (κ1) is 26.4. The van der Waals surface area contributed by atoms with Gasteiger partial charge >= 0.3 is 0 Å². The van der Waals surface area contributed by atoms with E-state index in [9.17, 15) is 19.1 Å². The number of amides is 1. The van der Waals surface area contributed by atoms with Gasteiger partial charge in [0, 0.05) is 12.1 Å². The van der Waals surface area contributed by atoms with Gasteiger partial charge in [0.2, 0.25) is 0 Å². The minimum Gasteiger partial charge on any atom is -0.507 e. The number of benzene rings is 2. The quantitative estimate of drug-likeness (QED) is 0.196. The lowest BCUT2D eigenvalue weighted by atomic mass is 9.95. The van der Waals surface area contributed by atoms with Crippen molar-refractivity contribution in [3.63, 3.8) is 0 Å². The Morgan fingerprint density at radius 2 is 1.77 bits per heavy atom. The SMILES string of the molecule is CCCCOc1cccc(C(O)=C2C(=O)C(=O)N(CCCN(CC)CC)C2c2ccc(F)cc2)c1. The zero-order chi connectivity index (χ0) is 25.4. The maximum Gasteiger partial charge on any atom is 0.295 e. The van der Waals surface area contributed by atoms with E-state index in [2.05, 4.69) is 25.7 Å². The van der Waals surface area contributed by atoms with E-state index < -0.39 is 23.5 Å². The minimum absolute atomic E-state index is 0.00940. The number of ether oxygens (including phenoxy) is 1. The van der Waals surface area contributed by atoms with Crippen LogP contribution in [0.3, 0.4) is 0 Å². The average Bonchev–Trinajstić information content (AvgIpc) is 3.12. The predicted molar refractivity (Wildman–Crippen MR) is 135 cm³/mol. The molecule has 1 N–H and O–H groups in total. The fourth-order valence-corrected chi connectivity index (χ4v) is 4.33. The van der Waals surface area contributed by atoms with Crippen molar-refractivity contribution in [3.05, 3.63) is 71.0 Å². The molecular weight excluding hydrogens is 447 g/mol. The van der Waals surface area contributed by atoms with E-state index in [0.29, 0.717) is 36.4 Å². The number of hydrogen-bond acceptors (Lipinski definition) is 5. The molecule has 6 nitrogen and oxygen atoms in total. The van der Waals surface area contributed by atoms with E-state index in [4.69, 9.17) is 4.74 Å². The molecule has 2 aromatic rings. The number of likely N-dealkylation sites (tertiary alicyclic amines) is 1. The Balaban J connectivity index is 1.98. The maximum atomic E-state index is 13.7. The zero-order valence-electron chi connectivity index (χ0n) is 20.8. The normalized spacial score (nSPS) is 17.4. The highest BCUT2D eigenvalue weighted by Crippen LogP contribution is 2.39. The number of halogens is 1. The summed E-state index contributed by atoms with van der Waals surface area (Å²) in [5.74, 6) is -1.49. The van der Waals surface area contributed by atoms with Gasteiger partial charge in [-0.2, -0.15) is 0 Å². The first-order chi connectivity index (χ1) is 16.9. The van der Waals surface area contributed by atoms with Crippen molar-refractivity contribution in [3.8, 4) is 5.75 Å². The summed E-state index contributed by atoms with van der Waals surface area (Å²) < 4.78 is 19.4. The van der Waals surface area contributed by atoms with Crippen LogP contribution in [-0.2, 0) is 9.59 Å². The maximum absolute atomic E-state index is 13.7. The molecule has 7 heteroatoms. The van der Waals surface area contributed by atoms with Crippen LogP contribution in [0.1, 0.15) is 57.2 Å². The molecule has 1 unspecified atom stereocenters. The number of carbonyl (C=O) groups excluding carboxylic acids is 2. The summed E-state index contributed by atoms with van der Waals surface area (Å²) in [7, 11) is 0. The van der Waals surface area contributed by atoms with Gasteiger partial charge in [-0.15, -0.1) is 0 Å². The molecule has 1 heterocycles. The summed E-state index contributed by atoms with van der Waals surface area (Å²) in [6.45, 7) is 9.70. The van der Waals surface area contributed by atoms with E-state index in [0.717, 1.165) is 32.5 Å². The summed E-state index contributed by atoms with van der Waals surface area (Å²) >= 11 is 0. The Hall–Kier alpha value is -3.19. The third-order valence-electron chi connectivity index (χ3n) is 6.37. The number of aliphatic hydroxyl groups excluding tert-OH is 1. The standard InChI is InChI=1S/C28H35FN2O4/c1-4-7-18-35-23-11-8-10-21(19-23)26(32)24-25(20-12-14-22(29)15-13-20)31(28(34)27(24)33)17-9-16-30(5-2)6-3/h8,10-15,19,25,32H,4-7,9,16-18H2,1-3H3. The van der Waals surface area contributed by atoms with Gasteiger partial charge in [0.25, 0.3) is 11.7 Å². The van der Waals surface area contributed by atoms with Crippen molar-refractivity contribution in [2.75, 3.05) is 32.8 Å². The molecule has 1 atom stereocenters. The number of unbranched alkanes of at least 4 members (excludes halogenated alkanes) is 1. The summed E-state index contributed by atoms with van der Waals surface area (Å²) in [4.78, 5) is 30.0. The van der Waals surface area contributed by atoms with Gasteiger partial charge < -0.3 is 19.6 Å². The van der Waals surface area contributed by atoms with Crippen LogP contribution in [0.25, 0.3) is 5.76 Å². The molecule has 0 spiro atoms. The molecule has 0 aliphatic carbocycles. The molecule has 0 saturated carbocycles. The lowest BCUT2D eigenvalue weighted by Gasteiger charge is -2.26. The molecule has 0 aromatic heterocycles. The molecule has 2 aromatic carbocycles. The molecule has 1 saturated heterocycles. The van der Waals surface area contributed by atoms with E-state index >= 15 is 0 Å². The van der Waals surface area contributed by atoms with Gasteiger partial charge in [-0.3, -0.25) is 9.59 Å². The van der Waals surface area contributed by atoms with Crippen molar-refractivity contribution in [2.24, 2.45) is 0 Å². The Kier molecular flexibility index (Phi) is 9.43. The van der Waals surface area contributed by atoms with Crippen LogP contribution in [0.2, 0.25) is 0 Å². The molecule has 188 valence electrons. The molecule has 1 aliphatic heterocycles. The van der Waals surface area contributed by atoms with Crippen LogP contribution in [0.4, 0.5) is 4.39 Å².